The van der Waals surface area contributed by atoms with E-state index in [1.165, 1.54) is 13.1 Å². The second-order valence-electron chi connectivity index (χ2n) is 5.09. The van der Waals surface area contributed by atoms with Crippen molar-refractivity contribution in [2.24, 2.45) is 0 Å². The standard InChI is InChI=1S/C15H16BrN3O3/c1-3-15(2,14(21)22)18-13(20)10-8-17-19(9-10)12-6-4-11(16)5-7-12/h4-9H,3H2,1-2H3,(H,18,20)(H,21,22). The minimum atomic E-state index is -1.29. The molecule has 0 aliphatic rings. The van der Waals surface area contributed by atoms with Crippen LogP contribution in [-0.4, -0.2) is 32.3 Å². The van der Waals surface area contributed by atoms with Crippen LogP contribution in [0, 0.1) is 0 Å². The summed E-state index contributed by atoms with van der Waals surface area (Å²) in [6, 6.07) is 7.45. The lowest BCUT2D eigenvalue weighted by Crippen LogP contribution is -2.51. The van der Waals surface area contributed by atoms with Crippen LogP contribution in [0.25, 0.3) is 5.69 Å². The number of benzene rings is 1. The van der Waals surface area contributed by atoms with Gasteiger partial charge in [0.05, 0.1) is 17.4 Å². The van der Waals surface area contributed by atoms with Gasteiger partial charge in [-0.05, 0) is 37.6 Å². The fraction of sp³-hybridized carbons (Fsp3) is 0.267. The van der Waals surface area contributed by atoms with Crippen molar-refractivity contribution in [1.29, 1.82) is 0 Å². The number of nitrogens with one attached hydrogen (secondary N) is 1. The SMILES string of the molecule is CCC(C)(NC(=O)c1cnn(-c2ccc(Br)cc2)c1)C(=O)O. The predicted molar refractivity (Wildman–Crippen MR) is 85.1 cm³/mol. The van der Waals surface area contributed by atoms with Gasteiger partial charge in [-0.25, -0.2) is 9.48 Å². The van der Waals surface area contributed by atoms with E-state index in [4.69, 9.17) is 0 Å². The number of nitrogens with zero attached hydrogens (tertiary/aromatic N) is 2. The smallest absolute Gasteiger partial charge is 0.329 e. The average Bonchev–Trinajstić information content (AvgIpc) is 2.97. The van der Waals surface area contributed by atoms with Gasteiger partial charge in [-0.3, -0.25) is 4.79 Å². The molecule has 2 aromatic rings. The molecule has 22 heavy (non-hydrogen) atoms. The van der Waals surface area contributed by atoms with Crippen LogP contribution in [0.3, 0.4) is 0 Å². The summed E-state index contributed by atoms with van der Waals surface area (Å²) in [6.45, 7) is 3.19. The zero-order valence-electron chi connectivity index (χ0n) is 12.2. The maximum atomic E-state index is 12.2. The highest BCUT2D eigenvalue weighted by Gasteiger charge is 2.33. The Hall–Kier alpha value is -2.15. The van der Waals surface area contributed by atoms with Crippen LogP contribution in [0.4, 0.5) is 0 Å². The summed E-state index contributed by atoms with van der Waals surface area (Å²) >= 11 is 3.35. The predicted octanol–water partition coefficient (Wildman–Crippen LogP) is 2.62. The van der Waals surface area contributed by atoms with Gasteiger partial charge in [0.1, 0.15) is 5.54 Å². The van der Waals surface area contributed by atoms with E-state index in [0.717, 1.165) is 10.2 Å². The molecule has 7 heteroatoms. The maximum Gasteiger partial charge on any atom is 0.329 e. The molecule has 1 unspecified atom stereocenters. The number of aromatic nitrogens is 2. The van der Waals surface area contributed by atoms with Crippen LogP contribution in [0.5, 0.6) is 0 Å². The number of carboxylic acid groups (broad SMARTS) is 1. The first-order valence-corrected chi connectivity index (χ1v) is 7.51. The lowest BCUT2D eigenvalue weighted by Gasteiger charge is -2.24. The Balaban J connectivity index is 2.19. The molecule has 0 aliphatic heterocycles. The summed E-state index contributed by atoms with van der Waals surface area (Å²) in [6.07, 6.45) is 3.26. The molecule has 0 radical (unpaired) electrons. The van der Waals surface area contributed by atoms with E-state index >= 15 is 0 Å². The molecule has 6 nitrogen and oxygen atoms in total. The highest BCUT2D eigenvalue weighted by molar-refractivity contribution is 9.10. The third-order valence-corrected chi connectivity index (χ3v) is 4.03. The number of carbonyl (C=O) groups is 2. The summed E-state index contributed by atoms with van der Waals surface area (Å²) in [4.78, 5) is 23.4. The quantitative estimate of drug-likeness (QED) is 0.852. The molecule has 1 aromatic carbocycles. The molecular weight excluding hydrogens is 350 g/mol. The van der Waals surface area contributed by atoms with Crippen LogP contribution >= 0.6 is 15.9 Å². The zero-order valence-corrected chi connectivity index (χ0v) is 13.8. The van der Waals surface area contributed by atoms with Gasteiger partial charge in [0.15, 0.2) is 0 Å². The second kappa shape index (κ2) is 6.31. The minimum absolute atomic E-state index is 0.287. The highest BCUT2D eigenvalue weighted by atomic mass is 79.9. The van der Waals surface area contributed by atoms with Gasteiger partial charge in [0.25, 0.3) is 5.91 Å². The molecule has 1 heterocycles. The molecule has 116 valence electrons. The molecule has 0 bridgehead atoms. The number of halogens is 1. The third-order valence-electron chi connectivity index (χ3n) is 3.50. The average molecular weight is 366 g/mol. The first-order valence-electron chi connectivity index (χ1n) is 6.72. The lowest BCUT2D eigenvalue weighted by atomic mass is 9.99. The number of aliphatic carboxylic acids is 1. The van der Waals surface area contributed by atoms with Gasteiger partial charge in [-0.2, -0.15) is 5.10 Å². The van der Waals surface area contributed by atoms with Gasteiger partial charge >= 0.3 is 5.97 Å². The first kappa shape index (κ1) is 16.2. The van der Waals surface area contributed by atoms with Crippen LogP contribution in [-0.2, 0) is 4.79 Å². The van der Waals surface area contributed by atoms with Gasteiger partial charge in [0.2, 0.25) is 0 Å². The number of rotatable bonds is 5. The number of hydrogen-bond donors (Lipinski definition) is 2. The fourth-order valence-electron chi connectivity index (χ4n) is 1.79. The minimum Gasteiger partial charge on any atom is -0.480 e. The van der Waals surface area contributed by atoms with Crippen LogP contribution in [0.1, 0.15) is 30.6 Å². The van der Waals surface area contributed by atoms with E-state index < -0.39 is 17.4 Å². The Morgan fingerprint density at radius 2 is 2.00 bits per heavy atom. The van der Waals surface area contributed by atoms with E-state index in [1.807, 2.05) is 24.3 Å². The summed E-state index contributed by atoms with van der Waals surface area (Å²) in [5, 5.41) is 15.9. The van der Waals surface area contributed by atoms with Crippen molar-refractivity contribution in [2.45, 2.75) is 25.8 Å². The van der Waals surface area contributed by atoms with Crippen molar-refractivity contribution < 1.29 is 14.7 Å². The van der Waals surface area contributed by atoms with Crippen molar-refractivity contribution in [3.63, 3.8) is 0 Å². The second-order valence-corrected chi connectivity index (χ2v) is 6.01. The van der Waals surface area contributed by atoms with Gasteiger partial charge in [0, 0.05) is 10.7 Å². The molecule has 0 spiro atoms. The highest BCUT2D eigenvalue weighted by Crippen LogP contribution is 2.15. The van der Waals surface area contributed by atoms with E-state index in [1.54, 1.807) is 17.8 Å². The molecular formula is C15H16BrN3O3. The molecule has 2 rings (SSSR count). The Labute approximate surface area is 136 Å². The van der Waals surface area contributed by atoms with Crippen molar-refractivity contribution in [3.8, 4) is 5.69 Å². The Morgan fingerprint density at radius 3 is 2.55 bits per heavy atom. The van der Waals surface area contributed by atoms with E-state index in [2.05, 4.69) is 26.3 Å². The molecule has 0 saturated carbocycles. The first-order chi connectivity index (χ1) is 10.4. The fourth-order valence-corrected chi connectivity index (χ4v) is 2.06. The molecule has 0 aliphatic carbocycles. The van der Waals surface area contributed by atoms with E-state index in [-0.39, 0.29) is 6.42 Å². The third kappa shape index (κ3) is 3.36. The van der Waals surface area contributed by atoms with Gasteiger partial charge in [-0.1, -0.05) is 22.9 Å². The number of hydrogen-bond acceptors (Lipinski definition) is 3. The van der Waals surface area contributed by atoms with Crippen molar-refractivity contribution in [2.75, 3.05) is 0 Å². The Morgan fingerprint density at radius 1 is 1.36 bits per heavy atom. The van der Waals surface area contributed by atoms with Crippen LogP contribution < -0.4 is 5.32 Å². The Kier molecular flexibility index (Phi) is 4.65. The summed E-state index contributed by atoms with van der Waals surface area (Å²) in [5.41, 5.74) is -0.181. The van der Waals surface area contributed by atoms with Crippen molar-refractivity contribution >= 4 is 27.8 Å². The molecule has 1 atom stereocenters. The van der Waals surface area contributed by atoms with Crippen LogP contribution in [0.15, 0.2) is 41.1 Å². The normalized spacial score (nSPS) is 13.4. The Bertz CT molecular complexity index is 696. The van der Waals surface area contributed by atoms with E-state index in [0.29, 0.717) is 5.56 Å². The topological polar surface area (TPSA) is 84.2 Å². The van der Waals surface area contributed by atoms with Crippen molar-refractivity contribution in [1.82, 2.24) is 15.1 Å². The van der Waals surface area contributed by atoms with E-state index in [9.17, 15) is 14.7 Å². The lowest BCUT2D eigenvalue weighted by molar-refractivity contribution is -0.143. The van der Waals surface area contributed by atoms with Gasteiger partial charge < -0.3 is 10.4 Å². The summed E-state index contributed by atoms with van der Waals surface area (Å²) < 4.78 is 2.51. The monoisotopic (exact) mass is 365 g/mol. The number of carboxylic acids is 1. The van der Waals surface area contributed by atoms with Crippen molar-refractivity contribution in [3.05, 3.63) is 46.7 Å². The summed E-state index contributed by atoms with van der Waals surface area (Å²) in [5.74, 6) is -1.53. The number of carbonyl (C=O) groups excluding carboxylic acids is 1. The molecule has 1 amide bonds. The summed E-state index contributed by atoms with van der Waals surface area (Å²) in [7, 11) is 0. The number of amides is 1. The van der Waals surface area contributed by atoms with Gasteiger partial charge in [-0.15, -0.1) is 0 Å². The maximum absolute atomic E-state index is 12.2. The molecule has 0 saturated heterocycles. The molecule has 2 N–H and O–H groups in total. The van der Waals surface area contributed by atoms with Crippen LogP contribution in [0.2, 0.25) is 0 Å². The largest absolute Gasteiger partial charge is 0.480 e. The zero-order chi connectivity index (χ0) is 16.3. The molecule has 1 aromatic heterocycles. The molecule has 0 fully saturated rings.